The van der Waals surface area contributed by atoms with Crippen molar-refractivity contribution in [3.8, 4) is 28.6 Å². The van der Waals surface area contributed by atoms with E-state index in [-0.39, 0.29) is 12.3 Å². The lowest BCUT2D eigenvalue weighted by Gasteiger charge is -2.09. The normalized spacial score (nSPS) is 10.4. The second-order valence-electron chi connectivity index (χ2n) is 3.44. The van der Waals surface area contributed by atoms with Crippen LogP contribution in [0.25, 0.3) is 11.4 Å². The average Bonchev–Trinajstić information content (AvgIpc) is 2.87. The molecule has 0 saturated carbocycles. The quantitative estimate of drug-likeness (QED) is 0.832. The number of phenolic OH excluding ortho intramolecular Hbond substituents is 1. The number of aromatic hydroxyl groups is 1. The van der Waals surface area contributed by atoms with Gasteiger partial charge in [-0.3, -0.25) is 0 Å². The first-order chi connectivity index (χ1) is 8.69. The van der Waals surface area contributed by atoms with Crippen LogP contribution in [0.3, 0.4) is 0 Å². The van der Waals surface area contributed by atoms with E-state index in [0.29, 0.717) is 28.8 Å². The van der Waals surface area contributed by atoms with Crippen LogP contribution in [0.4, 0.5) is 0 Å². The zero-order chi connectivity index (χ0) is 13.1. The highest BCUT2D eigenvalue weighted by Gasteiger charge is 2.16. The van der Waals surface area contributed by atoms with E-state index < -0.39 is 0 Å². The van der Waals surface area contributed by atoms with Crippen molar-refractivity contribution in [1.29, 1.82) is 0 Å². The molecule has 0 fully saturated rings. The molecule has 2 aromatic rings. The minimum absolute atomic E-state index is 0.0348. The van der Waals surface area contributed by atoms with Gasteiger partial charge in [0.1, 0.15) is 5.75 Å². The first-order valence-corrected chi connectivity index (χ1v) is 5.17. The summed E-state index contributed by atoms with van der Waals surface area (Å²) in [6.07, 6.45) is 0. The Kier molecular flexibility index (Phi) is 3.33. The highest BCUT2D eigenvalue weighted by molar-refractivity contribution is 5.68. The number of aromatic nitrogens is 2. The van der Waals surface area contributed by atoms with Gasteiger partial charge in [-0.15, -0.1) is 0 Å². The topological polar surface area (TPSA) is 104 Å². The highest BCUT2D eigenvalue weighted by Crippen LogP contribution is 2.38. The van der Waals surface area contributed by atoms with Crippen LogP contribution in [-0.4, -0.2) is 29.5 Å². The van der Waals surface area contributed by atoms with Gasteiger partial charge in [0.2, 0.25) is 11.7 Å². The summed E-state index contributed by atoms with van der Waals surface area (Å²) in [5.41, 5.74) is 5.89. The fraction of sp³-hybridized carbons (Fsp3) is 0.273. The Morgan fingerprint density at radius 3 is 2.56 bits per heavy atom. The molecule has 96 valence electrons. The number of hydrogen-bond acceptors (Lipinski definition) is 7. The van der Waals surface area contributed by atoms with Crippen molar-refractivity contribution >= 4 is 0 Å². The zero-order valence-corrected chi connectivity index (χ0v) is 10.0. The minimum atomic E-state index is -0.0348. The molecule has 1 heterocycles. The molecule has 0 spiro atoms. The maximum absolute atomic E-state index is 9.75. The molecule has 7 nitrogen and oxygen atoms in total. The van der Waals surface area contributed by atoms with E-state index in [1.165, 1.54) is 20.3 Å². The van der Waals surface area contributed by atoms with Crippen LogP contribution in [-0.2, 0) is 6.54 Å². The summed E-state index contributed by atoms with van der Waals surface area (Å²) >= 11 is 0. The molecule has 0 atom stereocenters. The lowest BCUT2D eigenvalue weighted by Crippen LogP contribution is -1.96. The zero-order valence-electron chi connectivity index (χ0n) is 10.0. The lowest BCUT2D eigenvalue weighted by molar-refractivity contribution is 0.364. The maximum Gasteiger partial charge on any atom is 0.240 e. The third-order valence-corrected chi connectivity index (χ3v) is 2.38. The van der Waals surface area contributed by atoms with Crippen LogP contribution >= 0.6 is 0 Å². The molecule has 0 amide bonds. The molecular formula is C11H13N3O4. The van der Waals surface area contributed by atoms with Crippen LogP contribution < -0.4 is 15.2 Å². The van der Waals surface area contributed by atoms with Crippen molar-refractivity contribution < 1.29 is 19.1 Å². The summed E-state index contributed by atoms with van der Waals surface area (Å²) in [6.45, 7) is 0.150. The Morgan fingerprint density at radius 1 is 1.28 bits per heavy atom. The lowest BCUT2D eigenvalue weighted by atomic mass is 10.1. The second kappa shape index (κ2) is 4.92. The number of benzene rings is 1. The van der Waals surface area contributed by atoms with E-state index in [2.05, 4.69) is 10.1 Å². The third kappa shape index (κ3) is 2.07. The van der Waals surface area contributed by atoms with Crippen LogP contribution in [0.1, 0.15) is 5.89 Å². The first-order valence-electron chi connectivity index (χ1n) is 5.17. The van der Waals surface area contributed by atoms with Crippen molar-refractivity contribution in [2.24, 2.45) is 5.73 Å². The Bertz CT molecular complexity index is 553. The van der Waals surface area contributed by atoms with Gasteiger partial charge in [0, 0.05) is 6.07 Å². The number of rotatable bonds is 4. The van der Waals surface area contributed by atoms with Gasteiger partial charge in [-0.2, -0.15) is 4.98 Å². The number of nitrogens with two attached hydrogens (primary N) is 1. The summed E-state index contributed by atoms with van der Waals surface area (Å²) in [7, 11) is 2.95. The van der Waals surface area contributed by atoms with Crippen LogP contribution in [0.2, 0.25) is 0 Å². The number of phenols is 1. The number of nitrogens with zero attached hydrogens (tertiary/aromatic N) is 2. The van der Waals surface area contributed by atoms with E-state index >= 15 is 0 Å². The van der Waals surface area contributed by atoms with Crippen molar-refractivity contribution in [2.45, 2.75) is 6.54 Å². The van der Waals surface area contributed by atoms with Crippen molar-refractivity contribution in [3.63, 3.8) is 0 Å². The molecule has 0 aliphatic rings. The molecule has 0 radical (unpaired) electrons. The van der Waals surface area contributed by atoms with E-state index in [1.807, 2.05) is 0 Å². The summed E-state index contributed by atoms with van der Waals surface area (Å²) in [5.74, 6) is 1.34. The molecule has 18 heavy (non-hydrogen) atoms. The smallest absolute Gasteiger partial charge is 0.240 e. The van der Waals surface area contributed by atoms with Gasteiger partial charge < -0.3 is 24.8 Å². The van der Waals surface area contributed by atoms with Gasteiger partial charge in [-0.1, -0.05) is 5.16 Å². The third-order valence-electron chi connectivity index (χ3n) is 2.38. The predicted octanol–water partition coefficient (Wildman–Crippen LogP) is 0.918. The molecule has 2 rings (SSSR count). The fourth-order valence-electron chi connectivity index (χ4n) is 1.50. The molecule has 1 aromatic carbocycles. The maximum atomic E-state index is 9.75. The summed E-state index contributed by atoms with van der Waals surface area (Å²) in [4.78, 5) is 4.07. The summed E-state index contributed by atoms with van der Waals surface area (Å²) in [5, 5.41) is 13.5. The molecule has 7 heteroatoms. The van der Waals surface area contributed by atoms with Gasteiger partial charge in [-0.05, 0) is 6.07 Å². The number of methoxy groups -OCH3 is 2. The van der Waals surface area contributed by atoms with Crippen molar-refractivity contribution in [2.75, 3.05) is 14.2 Å². The van der Waals surface area contributed by atoms with Gasteiger partial charge in [-0.25, -0.2) is 0 Å². The van der Waals surface area contributed by atoms with Gasteiger partial charge in [0.25, 0.3) is 0 Å². The molecule has 0 saturated heterocycles. The molecule has 3 N–H and O–H groups in total. The van der Waals surface area contributed by atoms with Crippen molar-refractivity contribution in [3.05, 3.63) is 18.0 Å². The van der Waals surface area contributed by atoms with Crippen LogP contribution in [0, 0.1) is 0 Å². The second-order valence-corrected chi connectivity index (χ2v) is 3.44. The van der Waals surface area contributed by atoms with Gasteiger partial charge in [0.15, 0.2) is 11.5 Å². The number of ether oxygens (including phenoxy) is 2. The first kappa shape index (κ1) is 12.2. The molecule has 0 unspecified atom stereocenters. The minimum Gasteiger partial charge on any atom is -0.504 e. The Morgan fingerprint density at radius 2 is 2.00 bits per heavy atom. The summed E-state index contributed by atoms with van der Waals surface area (Å²) < 4.78 is 15.1. The highest BCUT2D eigenvalue weighted by atomic mass is 16.5. The molecular weight excluding hydrogens is 238 g/mol. The largest absolute Gasteiger partial charge is 0.504 e. The Balaban J connectivity index is 2.52. The average molecular weight is 251 g/mol. The van der Waals surface area contributed by atoms with Gasteiger partial charge >= 0.3 is 0 Å². The SMILES string of the molecule is COc1cc(OC)c(-c2noc(CN)n2)cc1O. The van der Waals surface area contributed by atoms with Crippen LogP contribution in [0.15, 0.2) is 16.7 Å². The monoisotopic (exact) mass is 251 g/mol. The fourth-order valence-corrected chi connectivity index (χ4v) is 1.50. The Labute approximate surface area is 103 Å². The molecule has 0 aliphatic heterocycles. The molecule has 0 bridgehead atoms. The van der Waals surface area contributed by atoms with E-state index in [0.717, 1.165) is 0 Å². The predicted molar refractivity (Wildman–Crippen MR) is 62.4 cm³/mol. The number of hydrogen-bond donors (Lipinski definition) is 2. The Hall–Kier alpha value is -2.28. The van der Waals surface area contributed by atoms with Crippen LogP contribution in [0.5, 0.6) is 17.2 Å². The van der Waals surface area contributed by atoms with Crippen molar-refractivity contribution in [1.82, 2.24) is 10.1 Å². The van der Waals surface area contributed by atoms with E-state index in [1.54, 1.807) is 6.07 Å². The standard InChI is InChI=1S/C11H13N3O4/c1-16-8-4-9(17-2)7(15)3-6(8)11-13-10(5-12)18-14-11/h3-4,15H,5,12H2,1-2H3. The van der Waals surface area contributed by atoms with E-state index in [4.69, 9.17) is 19.7 Å². The molecule has 0 aliphatic carbocycles. The molecule has 1 aromatic heterocycles. The van der Waals surface area contributed by atoms with E-state index in [9.17, 15) is 5.11 Å². The summed E-state index contributed by atoms with van der Waals surface area (Å²) in [6, 6.07) is 2.99. The van der Waals surface area contributed by atoms with Gasteiger partial charge in [0.05, 0.1) is 26.3 Å².